The second kappa shape index (κ2) is 7.43. The standard InChI is InChI=1S/C21H15ClN4O/c22-18-12-6-4-8-15(18)14-23-25-21-24-20(27)17-11-5-7-13-19(17)26(21)16-9-2-1-3-10-16/h1-14H,(H,24,25,27)/b23-14-. The minimum atomic E-state index is -0.312. The average Bonchev–Trinajstić information content (AvgIpc) is 2.70. The van der Waals surface area contributed by atoms with Crippen LogP contribution in [0, 0.1) is 0 Å². The van der Waals surface area contributed by atoms with E-state index in [-0.39, 0.29) is 5.56 Å². The van der Waals surface area contributed by atoms with E-state index in [1.807, 2.05) is 71.3 Å². The number of nitrogens with one attached hydrogen (secondary N) is 1. The van der Waals surface area contributed by atoms with Crippen molar-refractivity contribution in [2.45, 2.75) is 0 Å². The monoisotopic (exact) mass is 374 g/mol. The first-order valence-electron chi connectivity index (χ1n) is 8.35. The van der Waals surface area contributed by atoms with Crippen LogP contribution < -0.4 is 11.0 Å². The maximum absolute atomic E-state index is 12.4. The van der Waals surface area contributed by atoms with Crippen LogP contribution in [-0.2, 0) is 0 Å². The lowest BCUT2D eigenvalue weighted by Gasteiger charge is -2.15. The predicted octanol–water partition coefficient (Wildman–Crippen LogP) is 4.49. The zero-order valence-electron chi connectivity index (χ0n) is 14.2. The summed E-state index contributed by atoms with van der Waals surface area (Å²) in [5.41, 5.74) is 4.96. The third-order valence-electron chi connectivity index (χ3n) is 4.08. The number of benzene rings is 3. The molecule has 0 aliphatic rings. The van der Waals surface area contributed by atoms with Crippen molar-refractivity contribution in [3.8, 4) is 5.69 Å². The molecule has 0 spiro atoms. The van der Waals surface area contributed by atoms with Crippen molar-refractivity contribution in [1.82, 2.24) is 9.55 Å². The highest BCUT2D eigenvalue weighted by Crippen LogP contribution is 2.20. The fourth-order valence-electron chi connectivity index (χ4n) is 2.82. The highest BCUT2D eigenvalue weighted by molar-refractivity contribution is 6.33. The summed E-state index contributed by atoms with van der Waals surface area (Å²) in [6.07, 6.45) is 1.60. The van der Waals surface area contributed by atoms with Gasteiger partial charge in [0.15, 0.2) is 0 Å². The van der Waals surface area contributed by atoms with Crippen molar-refractivity contribution in [2.75, 3.05) is 5.43 Å². The Morgan fingerprint density at radius 1 is 0.926 bits per heavy atom. The summed E-state index contributed by atoms with van der Waals surface area (Å²) in [6.45, 7) is 0. The van der Waals surface area contributed by atoms with Gasteiger partial charge in [-0.2, -0.15) is 10.1 Å². The van der Waals surface area contributed by atoms with Crippen LogP contribution in [0.25, 0.3) is 16.6 Å². The Hall–Kier alpha value is -3.44. The number of aromatic nitrogens is 2. The quantitative estimate of drug-likeness (QED) is 0.423. The van der Waals surface area contributed by atoms with Gasteiger partial charge in [0.25, 0.3) is 5.56 Å². The number of para-hydroxylation sites is 2. The molecule has 0 unspecified atom stereocenters. The van der Waals surface area contributed by atoms with Crippen molar-refractivity contribution >= 4 is 34.7 Å². The molecule has 1 aromatic heterocycles. The van der Waals surface area contributed by atoms with E-state index < -0.39 is 0 Å². The van der Waals surface area contributed by atoms with Gasteiger partial charge >= 0.3 is 0 Å². The van der Waals surface area contributed by atoms with Crippen molar-refractivity contribution in [1.29, 1.82) is 0 Å². The van der Waals surface area contributed by atoms with Gasteiger partial charge in [0.05, 0.1) is 17.1 Å². The molecule has 0 atom stereocenters. The van der Waals surface area contributed by atoms with Crippen molar-refractivity contribution < 1.29 is 0 Å². The smallest absolute Gasteiger partial charge is 0.279 e. The Bertz CT molecular complexity index is 1190. The van der Waals surface area contributed by atoms with Crippen LogP contribution in [0.1, 0.15) is 5.56 Å². The van der Waals surface area contributed by atoms with Crippen LogP contribution in [0.2, 0.25) is 5.02 Å². The number of hydrogen-bond acceptors (Lipinski definition) is 4. The Labute approximate surface area is 160 Å². The van der Waals surface area contributed by atoms with Crippen LogP contribution in [0.3, 0.4) is 0 Å². The molecule has 4 rings (SSSR count). The molecule has 27 heavy (non-hydrogen) atoms. The van der Waals surface area contributed by atoms with E-state index in [1.165, 1.54) is 0 Å². The summed E-state index contributed by atoms with van der Waals surface area (Å²) in [7, 11) is 0. The molecule has 0 bridgehead atoms. The van der Waals surface area contributed by atoms with E-state index in [9.17, 15) is 4.79 Å². The van der Waals surface area contributed by atoms with Gasteiger partial charge in [-0.3, -0.25) is 9.36 Å². The minimum Gasteiger partial charge on any atom is -0.279 e. The molecular weight excluding hydrogens is 360 g/mol. The average molecular weight is 375 g/mol. The molecule has 0 aliphatic heterocycles. The molecule has 0 aliphatic carbocycles. The SMILES string of the molecule is O=c1nc(N/N=C\c2ccccc2Cl)n(-c2ccccc2)c2ccccc12. The molecule has 0 amide bonds. The summed E-state index contributed by atoms with van der Waals surface area (Å²) >= 11 is 6.15. The first-order valence-corrected chi connectivity index (χ1v) is 8.72. The molecule has 5 nitrogen and oxygen atoms in total. The lowest BCUT2D eigenvalue weighted by atomic mass is 10.2. The number of anilines is 1. The number of rotatable bonds is 4. The molecule has 132 valence electrons. The highest BCUT2D eigenvalue weighted by Gasteiger charge is 2.11. The number of nitrogens with zero attached hydrogens (tertiary/aromatic N) is 3. The third kappa shape index (κ3) is 3.45. The van der Waals surface area contributed by atoms with Crippen molar-refractivity contribution in [3.05, 3.63) is 99.8 Å². The Morgan fingerprint density at radius 2 is 1.63 bits per heavy atom. The van der Waals surface area contributed by atoms with Gasteiger partial charge in [0.2, 0.25) is 5.95 Å². The van der Waals surface area contributed by atoms with E-state index in [2.05, 4.69) is 15.5 Å². The first-order chi connectivity index (χ1) is 13.2. The molecule has 6 heteroatoms. The maximum Gasteiger partial charge on any atom is 0.282 e. The summed E-state index contributed by atoms with van der Waals surface area (Å²) < 4.78 is 1.86. The minimum absolute atomic E-state index is 0.312. The molecule has 1 heterocycles. The summed E-state index contributed by atoms with van der Waals surface area (Å²) in [5, 5.41) is 5.36. The summed E-state index contributed by atoms with van der Waals surface area (Å²) in [5.74, 6) is 0.327. The van der Waals surface area contributed by atoms with Gasteiger partial charge in [-0.1, -0.05) is 60.1 Å². The topological polar surface area (TPSA) is 59.3 Å². The molecule has 4 aromatic rings. The zero-order chi connectivity index (χ0) is 18.6. The fraction of sp³-hybridized carbons (Fsp3) is 0. The molecule has 0 saturated heterocycles. The third-order valence-corrected chi connectivity index (χ3v) is 4.43. The van der Waals surface area contributed by atoms with E-state index in [4.69, 9.17) is 11.6 Å². The van der Waals surface area contributed by atoms with Crippen LogP contribution in [0.4, 0.5) is 5.95 Å². The van der Waals surface area contributed by atoms with Crippen LogP contribution in [0.15, 0.2) is 88.8 Å². The van der Waals surface area contributed by atoms with Gasteiger partial charge in [-0.15, -0.1) is 0 Å². The molecule has 3 aromatic carbocycles. The van der Waals surface area contributed by atoms with Gasteiger partial charge in [-0.25, -0.2) is 5.43 Å². The largest absolute Gasteiger partial charge is 0.282 e. The Balaban J connectivity index is 1.83. The lowest BCUT2D eigenvalue weighted by molar-refractivity contribution is 1.00. The van der Waals surface area contributed by atoms with Gasteiger partial charge < -0.3 is 0 Å². The predicted molar refractivity (Wildman–Crippen MR) is 110 cm³/mol. The first kappa shape index (κ1) is 17.0. The number of halogens is 1. The van der Waals surface area contributed by atoms with E-state index in [0.717, 1.165) is 16.8 Å². The van der Waals surface area contributed by atoms with Crippen molar-refractivity contribution in [3.63, 3.8) is 0 Å². The number of hydrazone groups is 1. The van der Waals surface area contributed by atoms with Crippen LogP contribution >= 0.6 is 11.6 Å². The normalized spacial score (nSPS) is 11.1. The fourth-order valence-corrected chi connectivity index (χ4v) is 3.01. The van der Waals surface area contributed by atoms with Crippen LogP contribution in [0.5, 0.6) is 0 Å². The molecule has 0 radical (unpaired) electrons. The zero-order valence-corrected chi connectivity index (χ0v) is 15.0. The van der Waals surface area contributed by atoms with Crippen LogP contribution in [-0.4, -0.2) is 15.8 Å². The molecular formula is C21H15ClN4O. The van der Waals surface area contributed by atoms with E-state index in [0.29, 0.717) is 16.4 Å². The van der Waals surface area contributed by atoms with Gasteiger partial charge in [0, 0.05) is 16.3 Å². The van der Waals surface area contributed by atoms with E-state index >= 15 is 0 Å². The summed E-state index contributed by atoms with van der Waals surface area (Å²) in [6, 6.07) is 24.4. The Morgan fingerprint density at radius 3 is 2.44 bits per heavy atom. The molecule has 0 fully saturated rings. The second-order valence-electron chi connectivity index (χ2n) is 5.82. The van der Waals surface area contributed by atoms with Gasteiger partial charge in [0.1, 0.15) is 0 Å². The van der Waals surface area contributed by atoms with Gasteiger partial charge in [-0.05, 0) is 30.3 Å². The lowest BCUT2D eigenvalue weighted by Crippen LogP contribution is -2.16. The van der Waals surface area contributed by atoms with E-state index in [1.54, 1.807) is 18.3 Å². The molecule has 0 saturated carbocycles. The number of hydrogen-bond donors (Lipinski definition) is 1. The second-order valence-corrected chi connectivity index (χ2v) is 6.23. The van der Waals surface area contributed by atoms with Crippen molar-refractivity contribution in [2.24, 2.45) is 5.10 Å². The molecule has 1 N–H and O–H groups in total. The summed E-state index contributed by atoms with van der Waals surface area (Å²) in [4.78, 5) is 16.6. The maximum atomic E-state index is 12.4. The number of fused-ring (bicyclic) bond motifs is 1. The highest BCUT2D eigenvalue weighted by atomic mass is 35.5. The Kier molecular flexibility index (Phi) is 4.68.